The summed E-state index contributed by atoms with van der Waals surface area (Å²) in [5, 5.41) is 17.0. The highest BCUT2D eigenvalue weighted by atomic mass is 35.5. The van der Waals surface area contributed by atoms with Crippen molar-refractivity contribution in [2.75, 3.05) is 0 Å². The molecule has 1 aliphatic rings. The number of nitrogens with two attached hydrogens (primary N) is 1. The van der Waals surface area contributed by atoms with E-state index in [1.807, 2.05) is 10.8 Å². The van der Waals surface area contributed by atoms with E-state index in [4.69, 9.17) is 11.1 Å². The van der Waals surface area contributed by atoms with Gasteiger partial charge < -0.3 is 20.7 Å². The van der Waals surface area contributed by atoms with Crippen LogP contribution in [-0.2, 0) is 0 Å². The van der Waals surface area contributed by atoms with Gasteiger partial charge in [0.15, 0.2) is 0 Å². The highest BCUT2D eigenvalue weighted by Gasteiger charge is 2.24. The van der Waals surface area contributed by atoms with Gasteiger partial charge >= 0.3 is 0 Å². The van der Waals surface area contributed by atoms with Crippen LogP contribution in [0.15, 0.2) is 23.3 Å². The Morgan fingerprint density at radius 3 is 2.78 bits per heavy atom. The van der Waals surface area contributed by atoms with E-state index in [-0.39, 0.29) is 24.0 Å². The Hall–Kier alpha value is -2.52. The number of aromatic amines is 1. The maximum atomic E-state index is 12.3. The average Bonchev–Trinajstić information content (AvgIpc) is 3.15. The quantitative estimate of drug-likeness (QED) is 0.751. The third-order valence-corrected chi connectivity index (χ3v) is 4.27. The van der Waals surface area contributed by atoms with E-state index in [9.17, 15) is 10.1 Å². The number of nitrogens with one attached hydrogen (secondary N) is 2. The van der Waals surface area contributed by atoms with Crippen molar-refractivity contribution < 1.29 is 0 Å². The molecule has 2 heterocycles. The summed E-state index contributed by atoms with van der Waals surface area (Å²) >= 11 is 0. The molecular formula is C16H18ClN5O. The number of halogens is 1. The summed E-state index contributed by atoms with van der Waals surface area (Å²) in [6, 6.07) is 2.44. The van der Waals surface area contributed by atoms with Crippen LogP contribution in [0.25, 0.3) is 16.6 Å². The molecule has 0 aromatic carbocycles. The van der Waals surface area contributed by atoms with Gasteiger partial charge in [0.25, 0.3) is 5.56 Å². The molecule has 0 unspecified atom stereocenters. The van der Waals surface area contributed by atoms with Gasteiger partial charge in [0, 0.05) is 35.9 Å². The van der Waals surface area contributed by atoms with Gasteiger partial charge in [0.1, 0.15) is 6.07 Å². The summed E-state index contributed by atoms with van der Waals surface area (Å²) in [6.45, 7) is 0. The lowest BCUT2D eigenvalue weighted by Gasteiger charge is -2.13. The highest BCUT2D eigenvalue weighted by molar-refractivity contribution is 5.97. The van der Waals surface area contributed by atoms with Gasteiger partial charge in [-0.2, -0.15) is 5.26 Å². The van der Waals surface area contributed by atoms with Crippen LogP contribution in [0.5, 0.6) is 0 Å². The highest BCUT2D eigenvalue weighted by Crippen LogP contribution is 2.35. The minimum Gasteiger partial charge on any atom is -0.398 e. The number of rotatable bonds is 3. The van der Waals surface area contributed by atoms with E-state index >= 15 is 0 Å². The van der Waals surface area contributed by atoms with Crippen molar-refractivity contribution >= 4 is 35.2 Å². The molecule has 7 heteroatoms. The summed E-state index contributed by atoms with van der Waals surface area (Å²) in [5.41, 5.74) is 7.78. The molecule has 0 atom stereocenters. The standard InChI is InChI=1S/C16H17N5O.ClH/c17-6-5-13(19)12-9-21(11-3-1-2-4-11)15-10(7-18)8-20-16(22)14(12)15;/h5-6,8-9,11,17H,1-4,19H2,(H,20,22);1H/b13-5-,17-6?;. The van der Waals surface area contributed by atoms with Crippen molar-refractivity contribution in [3.05, 3.63) is 40.0 Å². The molecule has 0 saturated heterocycles. The molecule has 0 aliphatic heterocycles. The molecule has 120 valence electrons. The summed E-state index contributed by atoms with van der Waals surface area (Å²) in [7, 11) is 0. The molecule has 4 N–H and O–H groups in total. The number of fused-ring (bicyclic) bond motifs is 1. The molecule has 23 heavy (non-hydrogen) atoms. The molecule has 0 bridgehead atoms. The first-order valence-corrected chi connectivity index (χ1v) is 7.30. The van der Waals surface area contributed by atoms with E-state index in [1.165, 1.54) is 12.3 Å². The topological polar surface area (TPSA) is 111 Å². The molecular weight excluding hydrogens is 314 g/mol. The van der Waals surface area contributed by atoms with Crippen LogP contribution < -0.4 is 11.3 Å². The van der Waals surface area contributed by atoms with Crippen LogP contribution >= 0.6 is 12.4 Å². The lowest BCUT2D eigenvalue weighted by Crippen LogP contribution is -2.10. The first-order valence-electron chi connectivity index (χ1n) is 7.30. The number of nitriles is 1. The zero-order valence-electron chi connectivity index (χ0n) is 12.5. The van der Waals surface area contributed by atoms with Gasteiger partial charge in [-0.25, -0.2) is 0 Å². The van der Waals surface area contributed by atoms with E-state index in [0.717, 1.165) is 31.9 Å². The zero-order chi connectivity index (χ0) is 15.7. The molecule has 1 saturated carbocycles. The number of aromatic nitrogens is 2. The van der Waals surface area contributed by atoms with Crippen molar-refractivity contribution in [3.63, 3.8) is 0 Å². The number of nitrogens with zero attached hydrogens (tertiary/aromatic N) is 2. The average molecular weight is 332 g/mol. The molecule has 1 aliphatic carbocycles. The second-order valence-electron chi connectivity index (χ2n) is 5.54. The second kappa shape index (κ2) is 6.71. The second-order valence-corrected chi connectivity index (χ2v) is 5.54. The van der Waals surface area contributed by atoms with Crippen LogP contribution in [0.1, 0.15) is 42.9 Å². The van der Waals surface area contributed by atoms with Gasteiger partial charge in [-0.05, 0) is 18.9 Å². The largest absolute Gasteiger partial charge is 0.398 e. The molecule has 0 spiro atoms. The molecule has 2 aromatic rings. The Morgan fingerprint density at radius 2 is 2.17 bits per heavy atom. The summed E-state index contributed by atoms with van der Waals surface area (Å²) < 4.78 is 2.02. The normalized spacial score (nSPS) is 15.3. The molecule has 6 nitrogen and oxygen atoms in total. The van der Waals surface area contributed by atoms with E-state index in [2.05, 4.69) is 11.1 Å². The van der Waals surface area contributed by atoms with Crippen molar-refractivity contribution in [3.8, 4) is 6.07 Å². The fourth-order valence-electron chi connectivity index (χ4n) is 3.26. The predicted octanol–water partition coefficient (Wildman–Crippen LogP) is 2.69. The van der Waals surface area contributed by atoms with Crippen molar-refractivity contribution in [1.29, 1.82) is 10.7 Å². The number of pyridine rings is 1. The maximum Gasteiger partial charge on any atom is 0.258 e. The fraction of sp³-hybridized carbons (Fsp3) is 0.312. The van der Waals surface area contributed by atoms with Gasteiger partial charge in [-0.3, -0.25) is 4.79 Å². The Labute approximate surface area is 139 Å². The molecule has 1 fully saturated rings. The van der Waals surface area contributed by atoms with Crippen LogP contribution in [0.3, 0.4) is 0 Å². The van der Waals surface area contributed by atoms with Gasteiger partial charge in [0.2, 0.25) is 0 Å². The first-order chi connectivity index (χ1) is 10.7. The molecule has 3 rings (SSSR count). The van der Waals surface area contributed by atoms with E-state index < -0.39 is 0 Å². The van der Waals surface area contributed by atoms with E-state index in [1.54, 1.807) is 0 Å². The lowest BCUT2D eigenvalue weighted by atomic mass is 10.1. The number of hydrogen-bond donors (Lipinski definition) is 3. The number of hydrogen-bond acceptors (Lipinski definition) is 4. The van der Waals surface area contributed by atoms with Crippen LogP contribution in [0.4, 0.5) is 0 Å². The Bertz CT molecular complexity index is 865. The van der Waals surface area contributed by atoms with Crippen LogP contribution in [0, 0.1) is 16.7 Å². The van der Waals surface area contributed by atoms with Crippen molar-refractivity contribution in [2.45, 2.75) is 31.7 Å². The minimum atomic E-state index is -0.262. The van der Waals surface area contributed by atoms with E-state index in [0.29, 0.717) is 27.7 Å². The first kappa shape index (κ1) is 16.8. The third-order valence-electron chi connectivity index (χ3n) is 4.27. The Kier molecular flexibility index (Phi) is 4.92. The molecule has 2 aromatic heterocycles. The Balaban J connectivity index is 0.00000192. The van der Waals surface area contributed by atoms with Crippen molar-refractivity contribution in [2.24, 2.45) is 5.73 Å². The summed E-state index contributed by atoms with van der Waals surface area (Å²) in [5.74, 6) is 0. The van der Waals surface area contributed by atoms with Crippen LogP contribution in [-0.4, -0.2) is 15.8 Å². The summed E-state index contributed by atoms with van der Waals surface area (Å²) in [6.07, 6.45) is 10.2. The minimum absolute atomic E-state index is 0. The fourth-order valence-corrected chi connectivity index (χ4v) is 3.26. The lowest BCUT2D eigenvalue weighted by molar-refractivity contribution is 0.535. The zero-order valence-corrected chi connectivity index (χ0v) is 13.3. The number of allylic oxidation sites excluding steroid dienone is 1. The third kappa shape index (κ3) is 2.76. The maximum absolute atomic E-state index is 12.3. The molecule has 0 amide bonds. The van der Waals surface area contributed by atoms with Gasteiger partial charge in [-0.15, -0.1) is 12.4 Å². The predicted molar refractivity (Wildman–Crippen MR) is 93.0 cm³/mol. The van der Waals surface area contributed by atoms with Crippen LogP contribution in [0.2, 0.25) is 0 Å². The molecule has 0 radical (unpaired) electrons. The smallest absolute Gasteiger partial charge is 0.258 e. The van der Waals surface area contributed by atoms with Gasteiger partial charge in [-0.1, -0.05) is 12.8 Å². The number of H-pyrrole nitrogens is 1. The SMILES string of the molecule is Cl.N#Cc1c[nH]c(=O)c2c(/C(N)=C/C=N)cn(C3CCCC3)c12. The van der Waals surface area contributed by atoms with Crippen molar-refractivity contribution in [1.82, 2.24) is 9.55 Å². The Morgan fingerprint density at radius 1 is 1.48 bits per heavy atom. The summed E-state index contributed by atoms with van der Waals surface area (Å²) in [4.78, 5) is 14.9. The monoisotopic (exact) mass is 331 g/mol. The van der Waals surface area contributed by atoms with Gasteiger partial charge in [0.05, 0.1) is 16.5 Å².